The minimum absolute atomic E-state index is 0.329. The smallest absolute Gasteiger partial charge is 0.147 e. The largest absolute Gasteiger partial charge is 0.389 e. The topological polar surface area (TPSA) is 23.5 Å². The fraction of sp³-hybridized carbons (Fsp3) is 0.200. The van der Waals surface area contributed by atoms with Gasteiger partial charge in [-0.1, -0.05) is 12.1 Å². The first-order valence-electron chi connectivity index (χ1n) is 5.96. The molecule has 0 aromatic heterocycles. The molecule has 0 aliphatic heterocycles. The van der Waals surface area contributed by atoms with Crippen LogP contribution in [-0.4, -0.2) is 12.2 Å². The maximum absolute atomic E-state index is 14.0. The van der Waals surface area contributed by atoms with Crippen LogP contribution >= 0.6 is 0 Å². The van der Waals surface area contributed by atoms with Crippen molar-refractivity contribution < 1.29 is 13.9 Å². The van der Waals surface area contributed by atoms with Crippen LogP contribution in [0.3, 0.4) is 0 Å². The van der Waals surface area contributed by atoms with Gasteiger partial charge in [-0.15, -0.1) is 0 Å². The molecule has 0 aliphatic rings. The molecule has 0 bridgehead atoms. The van der Waals surface area contributed by atoms with Gasteiger partial charge in [-0.05, 0) is 42.8 Å². The molecular weight excluding hydrogens is 248 g/mol. The third kappa shape index (κ3) is 2.90. The second-order valence-corrected chi connectivity index (χ2v) is 4.43. The minimum Gasteiger partial charge on any atom is -0.389 e. The van der Waals surface area contributed by atoms with Crippen LogP contribution < -0.4 is 4.90 Å². The molecular formula is C15H15F2NO. The van der Waals surface area contributed by atoms with Crippen LogP contribution in [0.1, 0.15) is 18.6 Å². The zero-order valence-electron chi connectivity index (χ0n) is 10.8. The van der Waals surface area contributed by atoms with Crippen molar-refractivity contribution >= 4 is 11.4 Å². The van der Waals surface area contributed by atoms with E-state index in [1.165, 1.54) is 18.2 Å². The molecule has 100 valence electrons. The second-order valence-electron chi connectivity index (χ2n) is 4.43. The summed E-state index contributed by atoms with van der Waals surface area (Å²) in [6, 6.07) is 10.5. The lowest BCUT2D eigenvalue weighted by Gasteiger charge is -2.21. The highest BCUT2D eigenvalue weighted by Gasteiger charge is 2.12. The zero-order chi connectivity index (χ0) is 14.0. The normalized spacial score (nSPS) is 12.3. The summed E-state index contributed by atoms with van der Waals surface area (Å²) in [6.45, 7) is 1.57. The third-order valence-corrected chi connectivity index (χ3v) is 3.01. The Balaban J connectivity index is 2.36. The summed E-state index contributed by atoms with van der Waals surface area (Å²) in [6.07, 6.45) is -0.719. The predicted octanol–water partition coefficient (Wildman–Crippen LogP) is 3.79. The van der Waals surface area contributed by atoms with Crippen LogP contribution in [0.2, 0.25) is 0 Å². The van der Waals surface area contributed by atoms with E-state index >= 15 is 0 Å². The van der Waals surface area contributed by atoms with Gasteiger partial charge in [0.2, 0.25) is 0 Å². The summed E-state index contributed by atoms with van der Waals surface area (Å²) in [5.41, 5.74) is 1.40. The highest BCUT2D eigenvalue weighted by atomic mass is 19.1. The van der Waals surface area contributed by atoms with E-state index in [2.05, 4.69) is 0 Å². The molecule has 2 nitrogen and oxygen atoms in total. The van der Waals surface area contributed by atoms with Crippen molar-refractivity contribution in [1.29, 1.82) is 0 Å². The molecule has 0 fully saturated rings. The Kier molecular flexibility index (Phi) is 3.81. The van der Waals surface area contributed by atoms with Crippen LogP contribution in [0.15, 0.2) is 42.5 Å². The van der Waals surface area contributed by atoms with Crippen LogP contribution in [0.25, 0.3) is 0 Å². The van der Waals surface area contributed by atoms with Crippen molar-refractivity contribution in [3.8, 4) is 0 Å². The number of nitrogens with zero attached hydrogens (tertiary/aromatic N) is 1. The molecule has 19 heavy (non-hydrogen) atoms. The lowest BCUT2D eigenvalue weighted by Crippen LogP contribution is -2.11. The maximum Gasteiger partial charge on any atom is 0.147 e. The lowest BCUT2D eigenvalue weighted by atomic mass is 10.1. The highest BCUT2D eigenvalue weighted by molar-refractivity contribution is 5.63. The molecule has 0 radical (unpaired) electrons. The Hall–Kier alpha value is -1.94. The maximum atomic E-state index is 14.0. The molecule has 1 N–H and O–H groups in total. The Morgan fingerprint density at radius 1 is 1.11 bits per heavy atom. The number of aliphatic hydroxyl groups excluding tert-OH is 1. The molecule has 0 spiro atoms. The number of rotatable bonds is 3. The summed E-state index contributed by atoms with van der Waals surface area (Å²) in [5.74, 6) is -0.824. The van der Waals surface area contributed by atoms with Gasteiger partial charge in [-0.25, -0.2) is 8.78 Å². The van der Waals surface area contributed by atoms with Crippen LogP contribution in [0.4, 0.5) is 20.2 Å². The van der Waals surface area contributed by atoms with Gasteiger partial charge < -0.3 is 10.0 Å². The van der Waals surface area contributed by atoms with Crippen molar-refractivity contribution in [2.45, 2.75) is 13.0 Å². The summed E-state index contributed by atoms with van der Waals surface area (Å²) in [7, 11) is 1.66. The zero-order valence-corrected chi connectivity index (χ0v) is 10.8. The Morgan fingerprint density at radius 2 is 1.84 bits per heavy atom. The third-order valence-electron chi connectivity index (χ3n) is 3.01. The standard InChI is InChI=1S/C15H15F2NO/c1-10(19)11-6-7-15(14(17)8-11)18(2)13-5-3-4-12(16)9-13/h3-10,19H,1-2H3. The van der Waals surface area contributed by atoms with Gasteiger partial charge in [0.05, 0.1) is 11.8 Å². The summed E-state index contributed by atoms with van der Waals surface area (Å²) >= 11 is 0. The molecule has 0 heterocycles. The van der Waals surface area contributed by atoms with Gasteiger partial charge in [0.15, 0.2) is 0 Å². The Morgan fingerprint density at radius 3 is 2.42 bits per heavy atom. The molecule has 1 unspecified atom stereocenters. The minimum atomic E-state index is -0.719. The van der Waals surface area contributed by atoms with Crippen molar-refractivity contribution in [1.82, 2.24) is 0 Å². The predicted molar refractivity (Wildman–Crippen MR) is 71.5 cm³/mol. The summed E-state index contributed by atoms with van der Waals surface area (Å²) < 4.78 is 27.2. The first kappa shape index (κ1) is 13.5. The first-order valence-corrected chi connectivity index (χ1v) is 5.96. The van der Waals surface area contributed by atoms with Crippen molar-refractivity contribution in [3.63, 3.8) is 0 Å². The van der Waals surface area contributed by atoms with E-state index < -0.39 is 11.9 Å². The number of halogens is 2. The average Bonchev–Trinajstić information content (AvgIpc) is 2.37. The van der Waals surface area contributed by atoms with Gasteiger partial charge in [-0.3, -0.25) is 0 Å². The summed E-state index contributed by atoms with van der Waals surface area (Å²) in [5, 5.41) is 9.40. The number of hydrogen-bond acceptors (Lipinski definition) is 2. The van der Waals surface area contributed by atoms with Crippen LogP contribution in [0.5, 0.6) is 0 Å². The van der Waals surface area contributed by atoms with Gasteiger partial charge in [-0.2, -0.15) is 0 Å². The summed E-state index contributed by atoms with van der Waals surface area (Å²) in [4.78, 5) is 1.56. The number of aliphatic hydroxyl groups is 1. The molecule has 2 rings (SSSR count). The van der Waals surface area contributed by atoms with E-state index in [0.717, 1.165) is 0 Å². The number of hydrogen-bond donors (Lipinski definition) is 1. The van der Waals surface area contributed by atoms with Gasteiger partial charge in [0, 0.05) is 12.7 Å². The van der Waals surface area contributed by atoms with Gasteiger partial charge in [0.1, 0.15) is 11.6 Å². The van der Waals surface area contributed by atoms with Crippen LogP contribution in [0, 0.1) is 11.6 Å². The average molecular weight is 263 g/mol. The second kappa shape index (κ2) is 5.36. The number of anilines is 2. The lowest BCUT2D eigenvalue weighted by molar-refractivity contribution is 0.199. The van der Waals surface area contributed by atoms with Crippen LogP contribution in [-0.2, 0) is 0 Å². The van der Waals surface area contributed by atoms with E-state index in [1.54, 1.807) is 43.1 Å². The van der Waals surface area contributed by atoms with E-state index in [-0.39, 0.29) is 5.82 Å². The molecule has 0 saturated carbocycles. The Bertz CT molecular complexity index is 584. The molecule has 2 aromatic rings. The quantitative estimate of drug-likeness (QED) is 0.910. The fourth-order valence-electron chi connectivity index (χ4n) is 1.88. The molecule has 4 heteroatoms. The molecule has 0 aliphatic carbocycles. The molecule has 0 amide bonds. The van der Waals surface area contributed by atoms with Gasteiger partial charge in [0.25, 0.3) is 0 Å². The van der Waals surface area contributed by atoms with Crippen molar-refractivity contribution in [3.05, 3.63) is 59.7 Å². The van der Waals surface area contributed by atoms with E-state index in [1.807, 2.05) is 0 Å². The SMILES string of the molecule is CC(O)c1ccc(N(C)c2cccc(F)c2)c(F)c1. The first-order chi connectivity index (χ1) is 8.99. The molecule has 1 atom stereocenters. The highest BCUT2D eigenvalue weighted by Crippen LogP contribution is 2.28. The van der Waals surface area contributed by atoms with E-state index in [9.17, 15) is 13.9 Å². The molecule has 2 aromatic carbocycles. The number of benzene rings is 2. The van der Waals surface area contributed by atoms with E-state index in [4.69, 9.17) is 0 Å². The monoisotopic (exact) mass is 263 g/mol. The molecule has 0 saturated heterocycles. The van der Waals surface area contributed by atoms with Crippen molar-refractivity contribution in [2.75, 3.05) is 11.9 Å². The Labute approximate surface area is 110 Å². The fourth-order valence-corrected chi connectivity index (χ4v) is 1.88. The van der Waals surface area contributed by atoms with E-state index in [0.29, 0.717) is 16.9 Å². The van der Waals surface area contributed by atoms with Gasteiger partial charge >= 0.3 is 0 Å². The van der Waals surface area contributed by atoms with Crippen molar-refractivity contribution in [2.24, 2.45) is 0 Å².